The Morgan fingerprint density at radius 2 is 1.87 bits per heavy atom. The molecule has 1 saturated carbocycles. The molecule has 1 aromatic heterocycles. The number of para-hydroxylation sites is 2. The zero-order chi connectivity index (χ0) is 21.6. The van der Waals surface area contributed by atoms with E-state index in [0.29, 0.717) is 29.7 Å². The average molecular weight is 420 g/mol. The molecule has 1 heterocycles. The van der Waals surface area contributed by atoms with Crippen molar-refractivity contribution in [1.29, 1.82) is 0 Å². The summed E-state index contributed by atoms with van der Waals surface area (Å²) in [6.45, 7) is 4.32. The summed E-state index contributed by atoms with van der Waals surface area (Å²) < 4.78 is 11.4. The third kappa shape index (κ3) is 5.51. The zero-order valence-corrected chi connectivity index (χ0v) is 18.1. The topological polar surface area (TPSA) is 77.2 Å². The fourth-order valence-electron chi connectivity index (χ4n) is 3.78. The average Bonchev–Trinajstić information content (AvgIpc) is 3.46. The summed E-state index contributed by atoms with van der Waals surface area (Å²) in [5.41, 5.74) is 2.87. The number of carbonyl (C=O) groups excluding carboxylic acids is 1. The van der Waals surface area contributed by atoms with Crippen molar-refractivity contribution in [1.82, 2.24) is 10.1 Å². The fourth-order valence-corrected chi connectivity index (χ4v) is 3.78. The van der Waals surface area contributed by atoms with Gasteiger partial charge in [0.1, 0.15) is 5.75 Å². The second kappa shape index (κ2) is 9.77. The van der Waals surface area contributed by atoms with Crippen LogP contribution in [0.15, 0.2) is 53.1 Å². The van der Waals surface area contributed by atoms with Crippen LogP contribution in [-0.2, 0) is 11.2 Å². The Morgan fingerprint density at radius 1 is 1.13 bits per heavy atom. The van der Waals surface area contributed by atoms with Crippen LogP contribution in [0.25, 0.3) is 11.4 Å². The molecule has 3 aromatic rings. The smallest absolute Gasteiger partial charge is 0.227 e. The van der Waals surface area contributed by atoms with Crippen molar-refractivity contribution >= 4 is 11.6 Å². The first-order valence-corrected chi connectivity index (χ1v) is 11.1. The Balaban J connectivity index is 1.32. The monoisotopic (exact) mass is 419 g/mol. The third-order valence-electron chi connectivity index (χ3n) is 5.63. The second-order valence-electron chi connectivity index (χ2n) is 8.36. The number of amides is 1. The maximum Gasteiger partial charge on any atom is 0.227 e. The lowest BCUT2D eigenvalue weighted by molar-refractivity contribution is -0.116. The van der Waals surface area contributed by atoms with E-state index >= 15 is 0 Å². The largest absolute Gasteiger partial charge is 0.488 e. The molecule has 2 aromatic carbocycles. The van der Waals surface area contributed by atoms with Crippen LogP contribution in [0.5, 0.6) is 5.75 Å². The van der Waals surface area contributed by atoms with Crippen LogP contribution in [0, 0.1) is 0 Å². The van der Waals surface area contributed by atoms with E-state index in [1.165, 1.54) is 18.4 Å². The molecule has 0 spiro atoms. The first-order valence-electron chi connectivity index (χ1n) is 11.1. The van der Waals surface area contributed by atoms with Gasteiger partial charge in [0.2, 0.25) is 17.6 Å². The molecule has 162 valence electrons. The first-order chi connectivity index (χ1) is 15.1. The maximum absolute atomic E-state index is 12.5. The Bertz CT molecular complexity index is 1000. The van der Waals surface area contributed by atoms with Gasteiger partial charge in [0, 0.05) is 18.4 Å². The highest BCUT2D eigenvalue weighted by Gasteiger charge is 2.18. The number of benzene rings is 2. The van der Waals surface area contributed by atoms with Gasteiger partial charge in [-0.25, -0.2) is 0 Å². The van der Waals surface area contributed by atoms with Crippen LogP contribution in [0.4, 0.5) is 5.69 Å². The molecular formula is C25H29N3O3. The highest BCUT2D eigenvalue weighted by molar-refractivity contribution is 5.92. The molecule has 0 unspecified atom stereocenters. The molecule has 1 aliphatic rings. The predicted molar refractivity (Wildman–Crippen MR) is 120 cm³/mol. The fraction of sp³-hybridized carbons (Fsp3) is 0.400. The maximum atomic E-state index is 12.5. The molecule has 6 nitrogen and oxygen atoms in total. The minimum atomic E-state index is -0.108. The van der Waals surface area contributed by atoms with Gasteiger partial charge in [-0.2, -0.15) is 4.98 Å². The standard InChI is InChI=1S/C25H29N3O3/c1-17(2)18-11-13-19(14-12-18)25-27-24(31-28-25)16-15-23(29)26-21-9-5-6-10-22(21)30-20-7-3-4-8-20/h5-6,9-14,17,20H,3-4,7-8,15-16H2,1-2H3,(H,26,29). The van der Waals surface area contributed by atoms with Crippen LogP contribution in [0.1, 0.15) is 63.3 Å². The van der Waals surface area contributed by atoms with E-state index in [2.05, 4.69) is 41.4 Å². The molecule has 0 aliphatic heterocycles. The molecule has 0 radical (unpaired) electrons. The molecule has 0 bridgehead atoms. The molecule has 0 atom stereocenters. The van der Waals surface area contributed by atoms with E-state index in [1.54, 1.807) is 0 Å². The number of nitrogens with zero attached hydrogens (tertiary/aromatic N) is 2. The molecule has 31 heavy (non-hydrogen) atoms. The van der Waals surface area contributed by atoms with Gasteiger partial charge < -0.3 is 14.6 Å². The highest BCUT2D eigenvalue weighted by atomic mass is 16.5. The summed E-state index contributed by atoms with van der Waals surface area (Å²) in [7, 11) is 0. The van der Waals surface area contributed by atoms with Crippen LogP contribution < -0.4 is 10.1 Å². The summed E-state index contributed by atoms with van der Waals surface area (Å²) in [6.07, 6.45) is 5.43. The first kappa shape index (κ1) is 21.1. The van der Waals surface area contributed by atoms with Crippen LogP contribution >= 0.6 is 0 Å². The van der Waals surface area contributed by atoms with Crippen molar-refractivity contribution in [3.63, 3.8) is 0 Å². The number of hydrogen-bond acceptors (Lipinski definition) is 5. The van der Waals surface area contributed by atoms with Gasteiger partial charge in [-0.05, 0) is 49.3 Å². The highest BCUT2D eigenvalue weighted by Crippen LogP contribution is 2.30. The van der Waals surface area contributed by atoms with E-state index in [9.17, 15) is 4.79 Å². The van der Waals surface area contributed by atoms with Crippen molar-refractivity contribution in [2.75, 3.05) is 5.32 Å². The SMILES string of the molecule is CC(C)c1ccc(-c2noc(CCC(=O)Nc3ccccc3OC3CCCC3)n2)cc1. The number of ether oxygens (including phenoxy) is 1. The Labute approximate surface area is 183 Å². The lowest BCUT2D eigenvalue weighted by atomic mass is 10.0. The second-order valence-corrected chi connectivity index (χ2v) is 8.36. The van der Waals surface area contributed by atoms with Crippen LogP contribution in [-0.4, -0.2) is 22.2 Å². The van der Waals surface area contributed by atoms with Gasteiger partial charge in [0.05, 0.1) is 11.8 Å². The van der Waals surface area contributed by atoms with Crippen molar-refractivity contribution in [2.45, 2.75) is 64.4 Å². The van der Waals surface area contributed by atoms with Gasteiger partial charge in [-0.1, -0.05) is 55.4 Å². The van der Waals surface area contributed by atoms with E-state index < -0.39 is 0 Å². The third-order valence-corrected chi connectivity index (χ3v) is 5.63. The van der Waals surface area contributed by atoms with Gasteiger partial charge >= 0.3 is 0 Å². The summed E-state index contributed by atoms with van der Waals surface area (Å²) >= 11 is 0. The summed E-state index contributed by atoms with van der Waals surface area (Å²) in [6, 6.07) is 15.7. The molecule has 6 heteroatoms. The Hall–Kier alpha value is -3.15. The van der Waals surface area contributed by atoms with Crippen LogP contribution in [0.2, 0.25) is 0 Å². The van der Waals surface area contributed by atoms with Crippen molar-refractivity contribution in [3.05, 3.63) is 60.0 Å². The quantitative estimate of drug-likeness (QED) is 0.503. The number of nitrogens with one attached hydrogen (secondary N) is 1. The van der Waals surface area contributed by atoms with Crippen LogP contribution in [0.3, 0.4) is 0 Å². The van der Waals surface area contributed by atoms with E-state index in [4.69, 9.17) is 9.26 Å². The normalized spacial score (nSPS) is 14.2. The summed E-state index contributed by atoms with van der Waals surface area (Å²) in [4.78, 5) is 16.9. The van der Waals surface area contributed by atoms with Gasteiger partial charge in [0.15, 0.2) is 0 Å². The minimum Gasteiger partial charge on any atom is -0.488 e. The van der Waals surface area contributed by atoms with Crippen molar-refractivity contribution in [2.24, 2.45) is 0 Å². The summed E-state index contributed by atoms with van der Waals surface area (Å²) in [5.74, 6) is 2.09. The molecule has 1 aliphatic carbocycles. The summed E-state index contributed by atoms with van der Waals surface area (Å²) in [5, 5.41) is 7.01. The lowest BCUT2D eigenvalue weighted by Gasteiger charge is -2.16. The molecule has 1 N–H and O–H groups in total. The number of anilines is 1. The van der Waals surface area contributed by atoms with Gasteiger partial charge in [-0.15, -0.1) is 0 Å². The Kier molecular flexibility index (Phi) is 6.65. The number of rotatable bonds is 8. The Morgan fingerprint density at radius 3 is 2.61 bits per heavy atom. The zero-order valence-electron chi connectivity index (χ0n) is 18.1. The van der Waals surface area contributed by atoms with E-state index in [1.807, 2.05) is 36.4 Å². The predicted octanol–water partition coefficient (Wildman–Crippen LogP) is 5.75. The number of carbonyl (C=O) groups is 1. The van der Waals surface area contributed by atoms with Crippen molar-refractivity contribution in [3.8, 4) is 17.1 Å². The molecular weight excluding hydrogens is 390 g/mol. The van der Waals surface area contributed by atoms with E-state index in [-0.39, 0.29) is 18.4 Å². The molecule has 4 rings (SSSR count). The minimum absolute atomic E-state index is 0.108. The van der Waals surface area contributed by atoms with Gasteiger partial charge in [0.25, 0.3) is 0 Å². The number of aromatic nitrogens is 2. The van der Waals surface area contributed by atoms with Crippen molar-refractivity contribution < 1.29 is 14.1 Å². The lowest BCUT2D eigenvalue weighted by Crippen LogP contribution is -2.16. The molecule has 1 fully saturated rings. The molecule has 0 saturated heterocycles. The number of aryl methyl sites for hydroxylation is 1. The van der Waals surface area contributed by atoms with Gasteiger partial charge in [-0.3, -0.25) is 4.79 Å². The van der Waals surface area contributed by atoms with E-state index in [0.717, 1.165) is 24.2 Å². The molecule has 1 amide bonds. The number of hydrogen-bond donors (Lipinski definition) is 1.